The molecule has 2 aromatic carbocycles. The van der Waals surface area contributed by atoms with Gasteiger partial charge in [-0.2, -0.15) is 0 Å². The van der Waals surface area contributed by atoms with E-state index in [0.29, 0.717) is 5.56 Å². The van der Waals surface area contributed by atoms with Gasteiger partial charge in [-0.15, -0.1) is 0 Å². The molecule has 0 aliphatic carbocycles. The van der Waals surface area contributed by atoms with Gasteiger partial charge in [-0.05, 0) is 30.2 Å². The molecule has 0 radical (unpaired) electrons. The molecule has 0 fully saturated rings. The van der Waals surface area contributed by atoms with E-state index in [9.17, 15) is 18.0 Å². The minimum Gasteiger partial charge on any atom is -0.368 e. The molecule has 25 heavy (non-hydrogen) atoms. The molecule has 0 atom stereocenters. The van der Waals surface area contributed by atoms with E-state index in [4.69, 9.17) is 5.73 Å². The van der Waals surface area contributed by atoms with E-state index in [1.807, 2.05) is 30.3 Å². The Morgan fingerprint density at radius 3 is 2.40 bits per heavy atom. The molecule has 0 heterocycles. The Hall–Kier alpha value is -2.71. The fraction of sp³-hybridized carbons (Fsp3) is 0.176. The average Bonchev–Trinajstić information content (AvgIpc) is 2.59. The fourth-order valence-corrected chi connectivity index (χ4v) is 3.44. The van der Waals surface area contributed by atoms with Gasteiger partial charge in [-0.3, -0.25) is 9.59 Å². The van der Waals surface area contributed by atoms with Crippen LogP contribution in [-0.4, -0.2) is 26.8 Å². The van der Waals surface area contributed by atoms with Crippen molar-refractivity contribution >= 4 is 21.8 Å². The van der Waals surface area contributed by atoms with Crippen molar-refractivity contribution in [3.05, 3.63) is 65.2 Å². The molecular weight excluding hydrogens is 342 g/mol. The monoisotopic (exact) mass is 361 g/mol. The Morgan fingerprint density at radius 2 is 1.76 bits per heavy atom. The quantitative estimate of drug-likeness (QED) is 0.672. The number of hydrogen-bond donors (Lipinski definition) is 3. The molecule has 2 amide bonds. The number of nitrogens with one attached hydrogen (secondary N) is 2. The summed E-state index contributed by atoms with van der Waals surface area (Å²) in [5.41, 5.74) is 6.43. The molecule has 132 valence electrons. The van der Waals surface area contributed by atoms with Crippen LogP contribution >= 0.6 is 0 Å². The zero-order valence-electron chi connectivity index (χ0n) is 13.7. The molecule has 0 spiro atoms. The number of amides is 2. The minimum absolute atomic E-state index is 0.00940. The first kappa shape index (κ1) is 18.6. The van der Waals surface area contributed by atoms with Gasteiger partial charge >= 0.3 is 0 Å². The van der Waals surface area contributed by atoms with Crippen LogP contribution in [0.1, 0.15) is 21.5 Å². The summed E-state index contributed by atoms with van der Waals surface area (Å²) in [6.07, 6.45) is 0. The molecule has 8 heteroatoms. The summed E-state index contributed by atoms with van der Waals surface area (Å²) in [6, 6.07) is 13.4. The predicted molar refractivity (Wildman–Crippen MR) is 93.2 cm³/mol. The van der Waals surface area contributed by atoms with E-state index in [-0.39, 0.29) is 23.5 Å². The second-order valence-corrected chi connectivity index (χ2v) is 7.17. The number of nitrogens with two attached hydrogens (primary N) is 1. The Balaban J connectivity index is 2.20. The molecule has 0 aliphatic rings. The number of carbonyl (C=O) groups excluding carboxylic acids is 2. The lowest BCUT2D eigenvalue weighted by atomic mass is 10.1. The molecule has 0 aromatic heterocycles. The average molecular weight is 361 g/mol. The SMILES string of the molecule is Cc1ccc(C(=O)NCC(N)=O)cc1S(=O)(=O)NCc1ccccc1. The summed E-state index contributed by atoms with van der Waals surface area (Å²) in [7, 11) is -3.80. The van der Waals surface area contributed by atoms with Crippen molar-refractivity contribution in [3.8, 4) is 0 Å². The third-order valence-corrected chi connectivity index (χ3v) is 5.02. The van der Waals surface area contributed by atoms with Crippen LogP contribution in [0.15, 0.2) is 53.4 Å². The normalized spacial score (nSPS) is 11.1. The molecule has 0 saturated carbocycles. The highest BCUT2D eigenvalue weighted by Gasteiger charge is 2.19. The molecule has 0 saturated heterocycles. The van der Waals surface area contributed by atoms with Crippen LogP contribution in [0.25, 0.3) is 0 Å². The minimum atomic E-state index is -3.80. The third kappa shape index (κ3) is 5.13. The van der Waals surface area contributed by atoms with Crippen molar-refractivity contribution in [1.29, 1.82) is 0 Å². The van der Waals surface area contributed by atoms with Gasteiger partial charge in [-0.25, -0.2) is 13.1 Å². The summed E-state index contributed by atoms with van der Waals surface area (Å²) in [6.45, 7) is 1.46. The Labute approximate surface area is 146 Å². The number of hydrogen-bond acceptors (Lipinski definition) is 4. The molecule has 0 bridgehead atoms. The highest BCUT2D eigenvalue weighted by molar-refractivity contribution is 7.89. The van der Waals surface area contributed by atoms with Crippen LogP contribution in [-0.2, 0) is 21.4 Å². The first-order chi connectivity index (χ1) is 11.8. The number of aryl methyl sites for hydroxylation is 1. The van der Waals surface area contributed by atoms with Crippen molar-refractivity contribution in [1.82, 2.24) is 10.0 Å². The number of carbonyl (C=O) groups is 2. The standard InChI is InChI=1S/C17H19N3O4S/c1-12-7-8-14(17(22)19-11-16(18)21)9-15(12)25(23,24)20-10-13-5-3-2-4-6-13/h2-9,20H,10-11H2,1H3,(H2,18,21)(H,19,22). The van der Waals surface area contributed by atoms with Gasteiger partial charge in [0.05, 0.1) is 11.4 Å². The summed E-state index contributed by atoms with van der Waals surface area (Å²) >= 11 is 0. The van der Waals surface area contributed by atoms with Gasteiger partial charge in [0.2, 0.25) is 15.9 Å². The Kier molecular flexibility index (Phi) is 5.89. The molecule has 4 N–H and O–H groups in total. The Morgan fingerprint density at radius 1 is 1.08 bits per heavy atom. The second kappa shape index (κ2) is 7.91. The van der Waals surface area contributed by atoms with Crippen molar-refractivity contribution in [3.63, 3.8) is 0 Å². The summed E-state index contributed by atoms with van der Waals surface area (Å²) in [5.74, 6) is -1.25. The molecule has 7 nitrogen and oxygen atoms in total. The van der Waals surface area contributed by atoms with Crippen molar-refractivity contribution in [2.75, 3.05) is 6.54 Å². The molecule has 0 unspecified atom stereocenters. The molecule has 2 rings (SSSR count). The van der Waals surface area contributed by atoms with E-state index < -0.39 is 21.8 Å². The maximum Gasteiger partial charge on any atom is 0.251 e. The lowest BCUT2D eigenvalue weighted by molar-refractivity contribution is -0.117. The van der Waals surface area contributed by atoms with Crippen molar-refractivity contribution in [2.24, 2.45) is 5.73 Å². The topological polar surface area (TPSA) is 118 Å². The van der Waals surface area contributed by atoms with Gasteiger partial charge in [0.15, 0.2) is 0 Å². The van der Waals surface area contributed by atoms with E-state index >= 15 is 0 Å². The zero-order chi connectivity index (χ0) is 18.4. The lowest BCUT2D eigenvalue weighted by Crippen LogP contribution is -2.33. The van der Waals surface area contributed by atoms with Crippen LogP contribution < -0.4 is 15.8 Å². The van der Waals surface area contributed by atoms with Crippen molar-refractivity contribution < 1.29 is 18.0 Å². The summed E-state index contributed by atoms with van der Waals surface area (Å²) < 4.78 is 27.6. The number of rotatable bonds is 7. The van der Waals surface area contributed by atoms with Gasteiger partial charge in [0.25, 0.3) is 5.91 Å². The number of benzene rings is 2. The first-order valence-electron chi connectivity index (χ1n) is 7.50. The highest BCUT2D eigenvalue weighted by atomic mass is 32.2. The highest BCUT2D eigenvalue weighted by Crippen LogP contribution is 2.17. The zero-order valence-corrected chi connectivity index (χ0v) is 14.5. The van der Waals surface area contributed by atoms with Crippen LogP contribution in [0.4, 0.5) is 0 Å². The maximum atomic E-state index is 12.6. The van der Waals surface area contributed by atoms with Gasteiger partial charge < -0.3 is 11.1 Å². The van der Waals surface area contributed by atoms with Gasteiger partial charge in [0.1, 0.15) is 0 Å². The number of primary amides is 1. The van der Waals surface area contributed by atoms with E-state index in [1.54, 1.807) is 6.92 Å². The smallest absolute Gasteiger partial charge is 0.251 e. The molecular formula is C17H19N3O4S. The van der Waals surface area contributed by atoms with E-state index in [2.05, 4.69) is 10.0 Å². The van der Waals surface area contributed by atoms with Crippen molar-refractivity contribution in [2.45, 2.75) is 18.4 Å². The largest absolute Gasteiger partial charge is 0.368 e. The van der Waals surface area contributed by atoms with E-state index in [1.165, 1.54) is 18.2 Å². The lowest BCUT2D eigenvalue weighted by Gasteiger charge is -2.11. The molecule has 2 aromatic rings. The number of sulfonamides is 1. The summed E-state index contributed by atoms with van der Waals surface area (Å²) in [4.78, 5) is 22.7. The fourth-order valence-electron chi connectivity index (χ4n) is 2.15. The predicted octanol–water partition coefficient (Wildman–Crippen LogP) is 0.689. The van der Waals surface area contributed by atoms with Crippen LogP contribution in [0.3, 0.4) is 0 Å². The third-order valence-electron chi connectivity index (χ3n) is 3.47. The van der Waals surface area contributed by atoms with Gasteiger partial charge in [-0.1, -0.05) is 36.4 Å². The van der Waals surface area contributed by atoms with Crippen LogP contribution in [0, 0.1) is 6.92 Å². The van der Waals surface area contributed by atoms with Crippen LogP contribution in [0.2, 0.25) is 0 Å². The maximum absolute atomic E-state index is 12.6. The van der Waals surface area contributed by atoms with E-state index in [0.717, 1.165) is 5.56 Å². The Bertz CT molecular complexity index is 880. The summed E-state index contributed by atoms with van der Waals surface area (Å²) in [5, 5.41) is 2.33. The van der Waals surface area contributed by atoms with Crippen LogP contribution in [0.5, 0.6) is 0 Å². The second-order valence-electron chi connectivity index (χ2n) is 5.44. The first-order valence-corrected chi connectivity index (χ1v) is 8.98. The van der Waals surface area contributed by atoms with Gasteiger partial charge in [0, 0.05) is 12.1 Å². The molecule has 0 aliphatic heterocycles.